The number of hydrogen-bond donors (Lipinski definition) is 2. The molecule has 0 spiro atoms. The number of nitrogens with one attached hydrogen (secondary N) is 1. The Balaban J connectivity index is 1.64. The minimum Gasteiger partial charge on any atom is -0.368 e. The highest BCUT2D eigenvalue weighted by molar-refractivity contribution is 6.33. The summed E-state index contributed by atoms with van der Waals surface area (Å²) in [7, 11) is 0. The molecule has 0 unspecified atom stereocenters. The Morgan fingerprint density at radius 1 is 1.48 bits per heavy atom. The van der Waals surface area contributed by atoms with Crippen LogP contribution >= 0.6 is 11.6 Å². The standard InChI is InChI=1S/C15H15ClF3N5O/c16-10-3-9(13(20)25)5-22-14(10)21-4-8-1-2-12-23-11(15(17,18)19)7-24(12)6-8/h3,5,7-8H,1-2,4,6H2,(H2,20,25)(H,21,22)/t8-/m1/s1. The third-order valence-corrected chi connectivity index (χ3v) is 4.35. The van der Waals surface area contributed by atoms with Crippen molar-refractivity contribution < 1.29 is 18.0 Å². The largest absolute Gasteiger partial charge is 0.434 e. The van der Waals surface area contributed by atoms with Crippen LogP contribution in [0.2, 0.25) is 5.02 Å². The van der Waals surface area contributed by atoms with E-state index >= 15 is 0 Å². The summed E-state index contributed by atoms with van der Waals surface area (Å²) in [6, 6.07) is 1.42. The van der Waals surface area contributed by atoms with E-state index in [2.05, 4.69) is 15.3 Å². The number of amides is 1. The zero-order valence-electron chi connectivity index (χ0n) is 13.0. The molecule has 1 aliphatic rings. The number of carbonyl (C=O) groups excluding carboxylic acids is 1. The maximum atomic E-state index is 12.7. The van der Waals surface area contributed by atoms with Crippen LogP contribution in [0.4, 0.5) is 19.0 Å². The Morgan fingerprint density at radius 2 is 2.24 bits per heavy atom. The van der Waals surface area contributed by atoms with Crippen molar-refractivity contribution in [2.24, 2.45) is 11.7 Å². The second-order valence-electron chi connectivity index (χ2n) is 5.90. The van der Waals surface area contributed by atoms with Gasteiger partial charge in [-0.25, -0.2) is 9.97 Å². The molecule has 0 aromatic carbocycles. The van der Waals surface area contributed by atoms with E-state index in [4.69, 9.17) is 17.3 Å². The molecule has 3 N–H and O–H groups in total. The number of rotatable bonds is 4. The molecule has 0 bridgehead atoms. The van der Waals surface area contributed by atoms with Gasteiger partial charge in [0.15, 0.2) is 5.69 Å². The molecular weight excluding hydrogens is 359 g/mol. The number of pyridine rings is 1. The maximum absolute atomic E-state index is 12.7. The van der Waals surface area contributed by atoms with Gasteiger partial charge in [-0.15, -0.1) is 0 Å². The van der Waals surface area contributed by atoms with Crippen molar-refractivity contribution in [3.8, 4) is 0 Å². The second kappa shape index (κ2) is 6.55. The average molecular weight is 374 g/mol. The number of aryl methyl sites for hydroxylation is 1. The Labute approximate surface area is 146 Å². The average Bonchev–Trinajstić information content (AvgIpc) is 2.97. The number of halogens is 4. The SMILES string of the molecule is NC(=O)c1cnc(NC[C@H]2CCc3nc(C(F)(F)F)cn3C2)c(Cl)c1. The number of fused-ring (bicyclic) bond motifs is 1. The van der Waals surface area contributed by atoms with Crippen molar-refractivity contribution in [1.29, 1.82) is 0 Å². The molecule has 10 heteroatoms. The third kappa shape index (κ3) is 3.87. The van der Waals surface area contributed by atoms with Gasteiger partial charge in [-0.2, -0.15) is 13.2 Å². The van der Waals surface area contributed by atoms with Gasteiger partial charge in [0.25, 0.3) is 0 Å². The van der Waals surface area contributed by atoms with Crippen LogP contribution in [0, 0.1) is 5.92 Å². The molecule has 2 aromatic rings. The van der Waals surface area contributed by atoms with Crippen LogP contribution < -0.4 is 11.1 Å². The molecular formula is C15H15ClF3N5O. The molecule has 0 radical (unpaired) electrons. The van der Waals surface area contributed by atoms with E-state index < -0.39 is 17.8 Å². The predicted octanol–water partition coefficient (Wildman–Crippen LogP) is 2.72. The van der Waals surface area contributed by atoms with Crippen LogP contribution in [0.15, 0.2) is 18.5 Å². The van der Waals surface area contributed by atoms with Gasteiger partial charge >= 0.3 is 6.18 Å². The van der Waals surface area contributed by atoms with E-state index in [0.29, 0.717) is 37.6 Å². The van der Waals surface area contributed by atoms with Gasteiger partial charge in [-0.1, -0.05) is 11.6 Å². The minimum absolute atomic E-state index is 0.108. The lowest BCUT2D eigenvalue weighted by molar-refractivity contribution is -0.141. The number of nitrogens with zero attached hydrogens (tertiary/aromatic N) is 3. The van der Waals surface area contributed by atoms with Gasteiger partial charge in [0.05, 0.1) is 10.6 Å². The summed E-state index contributed by atoms with van der Waals surface area (Å²) in [4.78, 5) is 18.8. The molecule has 1 aliphatic heterocycles. The number of carbonyl (C=O) groups is 1. The van der Waals surface area contributed by atoms with Crippen molar-refractivity contribution in [3.63, 3.8) is 0 Å². The normalized spacial score (nSPS) is 17.2. The lowest BCUT2D eigenvalue weighted by Crippen LogP contribution is -2.26. The number of alkyl halides is 3. The monoisotopic (exact) mass is 373 g/mol. The molecule has 134 valence electrons. The van der Waals surface area contributed by atoms with Gasteiger partial charge in [-0.05, 0) is 18.4 Å². The Hall–Kier alpha value is -2.29. The topological polar surface area (TPSA) is 85.8 Å². The molecule has 3 rings (SSSR count). The summed E-state index contributed by atoms with van der Waals surface area (Å²) in [5.41, 5.74) is 4.50. The smallest absolute Gasteiger partial charge is 0.368 e. The highest BCUT2D eigenvalue weighted by Gasteiger charge is 2.35. The molecule has 2 aromatic heterocycles. The molecule has 25 heavy (non-hydrogen) atoms. The molecule has 3 heterocycles. The summed E-state index contributed by atoms with van der Waals surface area (Å²) in [6.07, 6.45) is -0.879. The van der Waals surface area contributed by atoms with Crippen LogP contribution in [-0.2, 0) is 19.1 Å². The number of aromatic nitrogens is 3. The number of imidazole rings is 1. The fourth-order valence-corrected chi connectivity index (χ4v) is 2.99. The van der Waals surface area contributed by atoms with E-state index in [9.17, 15) is 18.0 Å². The van der Waals surface area contributed by atoms with Gasteiger partial charge in [-0.3, -0.25) is 4.79 Å². The first-order valence-electron chi connectivity index (χ1n) is 7.56. The van der Waals surface area contributed by atoms with Gasteiger partial charge in [0.1, 0.15) is 11.6 Å². The molecule has 6 nitrogen and oxygen atoms in total. The van der Waals surface area contributed by atoms with Crippen molar-refractivity contribution in [2.45, 2.75) is 25.6 Å². The number of hydrogen-bond acceptors (Lipinski definition) is 4. The Morgan fingerprint density at radius 3 is 2.88 bits per heavy atom. The zero-order valence-corrected chi connectivity index (χ0v) is 13.7. The van der Waals surface area contributed by atoms with Crippen LogP contribution in [0.1, 0.15) is 28.3 Å². The van der Waals surface area contributed by atoms with E-state index in [-0.39, 0.29) is 16.5 Å². The van der Waals surface area contributed by atoms with Gasteiger partial charge in [0.2, 0.25) is 5.91 Å². The first kappa shape index (κ1) is 17.5. The van der Waals surface area contributed by atoms with Crippen molar-refractivity contribution in [3.05, 3.63) is 40.6 Å². The Bertz CT molecular complexity index is 805. The minimum atomic E-state index is -4.43. The van der Waals surface area contributed by atoms with Crippen molar-refractivity contribution in [1.82, 2.24) is 14.5 Å². The molecule has 0 saturated carbocycles. The number of primary amides is 1. The second-order valence-corrected chi connectivity index (χ2v) is 6.30. The third-order valence-electron chi connectivity index (χ3n) is 4.06. The summed E-state index contributed by atoms with van der Waals surface area (Å²) in [5.74, 6) is 0.336. The highest BCUT2D eigenvalue weighted by Crippen LogP contribution is 2.31. The molecule has 1 atom stereocenters. The van der Waals surface area contributed by atoms with Crippen molar-refractivity contribution in [2.75, 3.05) is 11.9 Å². The molecule has 1 amide bonds. The summed E-state index contributed by atoms with van der Waals surface area (Å²) < 4.78 is 39.7. The number of nitrogens with two attached hydrogens (primary N) is 1. The number of anilines is 1. The van der Waals surface area contributed by atoms with E-state index in [0.717, 1.165) is 6.20 Å². The van der Waals surface area contributed by atoms with Gasteiger partial charge < -0.3 is 15.6 Å². The molecule has 0 aliphatic carbocycles. The van der Waals surface area contributed by atoms with Crippen LogP contribution in [-0.4, -0.2) is 27.0 Å². The molecule has 0 fully saturated rings. The first-order chi connectivity index (χ1) is 11.7. The fourth-order valence-electron chi connectivity index (χ4n) is 2.76. The maximum Gasteiger partial charge on any atom is 0.434 e. The lowest BCUT2D eigenvalue weighted by atomic mass is 9.99. The van der Waals surface area contributed by atoms with Crippen LogP contribution in [0.5, 0.6) is 0 Å². The van der Waals surface area contributed by atoms with E-state index in [1.807, 2.05) is 0 Å². The fraction of sp³-hybridized carbons (Fsp3) is 0.400. The van der Waals surface area contributed by atoms with E-state index in [1.54, 1.807) is 4.57 Å². The molecule has 0 saturated heterocycles. The summed E-state index contributed by atoms with van der Waals surface area (Å²) in [6.45, 7) is 0.921. The Kier molecular flexibility index (Phi) is 4.59. The summed E-state index contributed by atoms with van der Waals surface area (Å²) >= 11 is 6.05. The zero-order chi connectivity index (χ0) is 18.2. The highest BCUT2D eigenvalue weighted by atomic mass is 35.5. The van der Waals surface area contributed by atoms with Crippen molar-refractivity contribution >= 4 is 23.3 Å². The lowest BCUT2D eigenvalue weighted by Gasteiger charge is -2.24. The van der Waals surface area contributed by atoms with Crippen LogP contribution in [0.3, 0.4) is 0 Å². The van der Waals surface area contributed by atoms with Crippen LogP contribution in [0.25, 0.3) is 0 Å². The summed E-state index contributed by atoms with van der Waals surface area (Å²) in [5, 5.41) is 3.32. The predicted molar refractivity (Wildman–Crippen MR) is 85.3 cm³/mol. The van der Waals surface area contributed by atoms with Gasteiger partial charge in [0, 0.05) is 31.9 Å². The first-order valence-corrected chi connectivity index (χ1v) is 7.94. The quantitative estimate of drug-likeness (QED) is 0.862. The van der Waals surface area contributed by atoms with E-state index in [1.165, 1.54) is 12.3 Å².